The van der Waals surface area contributed by atoms with Gasteiger partial charge in [-0.25, -0.2) is 9.59 Å². The highest BCUT2D eigenvalue weighted by atomic mass is 16.5. The number of benzene rings is 1. The van der Waals surface area contributed by atoms with E-state index in [1.807, 2.05) is 30.3 Å². The van der Waals surface area contributed by atoms with Gasteiger partial charge in [-0.3, -0.25) is 4.79 Å². The maximum absolute atomic E-state index is 13.1. The van der Waals surface area contributed by atoms with Crippen LogP contribution in [0.2, 0.25) is 0 Å². The molecule has 1 atom stereocenters. The van der Waals surface area contributed by atoms with Crippen LogP contribution in [0.1, 0.15) is 43.6 Å². The largest absolute Gasteiger partial charge is 0.467 e. The van der Waals surface area contributed by atoms with Crippen LogP contribution >= 0.6 is 0 Å². The van der Waals surface area contributed by atoms with Crippen molar-refractivity contribution in [2.24, 2.45) is 0 Å². The molecule has 1 aliphatic carbocycles. The third kappa shape index (κ3) is 3.93. The minimum atomic E-state index is -0.844. The zero-order valence-corrected chi connectivity index (χ0v) is 17.2. The second-order valence-corrected chi connectivity index (χ2v) is 7.54. The summed E-state index contributed by atoms with van der Waals surface area (Å²) in [5.41, 5.74) is 0.545. The van der Waals surface area contributed by atoms with Gasteiger partial charge in [0, 0.05) is 0 Å². The lowest BCUT2D eigenvalue weighted by atomic mass is 9.64. The molecule has 0 radical (unpaired) electrons. The molecule has 0 unspecified atom stereocenters. The lowest BCUT2D eigenvalue weighted by Gasteiger charge is -2.40. The molecule has 2 aliphatic rings. The van der Waals surface area contributed by atoms with Crippen molar-refractivity contribution >= 4 is 18.0 Å². The fourth-order valence-electron chi connectivity index (χ4n) is 4.02. The average molecular weight is 424 g/mol. The molecule has 2 aromatic rings. The number of amides is 2. The summed E-state index contributed by atoms with van der Waals surface area (Å²) in [5, 5.41) is 5.25. The second kappa shape index (κ2) is 8.67. The highest BCUT2D eigenvalue weighted by Gasteiger charge is 2.47. The first-order valence-electron chi connectivity index (χ1n) is 10.3. The van der Waals surface area contributed by atoms with Gasteiger partial charge in [0.25, 0.3) is 0 Å². The van der Waals surface area contributed by atoms with Gasteiger partial charge < -0.3 is 24.5 Å². The van der Waals surface area contributed by atoms with Gasteiger partial charge in [-0.05, 0) is 37.5 Å². The molecule has 0 spiro atoms. The van der Waals surface area contributed by atoms with Crippen LogP contribution in [0.25, 0.3) is 0 Å². The van der Waals surface area contributed by atoms with E-state index in [1.54, 1.807) is 19.1 Å². The number of furan rings is 1. The summed E-state index contributed by atoms with van der Waals surface area (Å²) in [6.45, 7) is 1.59. The van der Waals surface area contributed by atoms with Gasteiger partial charge in [0.2, 0.25) is 0 Å². The molecule has 1 fully saturated rings. The van der Waals surface area contributed by atoms with Crippen LogP contribution < -0.4 is 10.6 Å². The number of ether oxygens (including phenoxy) is 2. The van der Waals surface area contributed by atoms with Crippen molar-refractivity contribution in [1.29, 1.82) is 0 Å². The van der Waals surface area contributed by atoms with E-state index in [9.17, 15) is 14.4 Å². The molecule has 8 heteroatoms. The standard InChI is InChI=1S/C23H24N2O6/c1-2-29-20(26)18-16(24-22(28)25-19(18)17-10-6-13-30-17)14-31-21(27)23(11-7-12-23)15-8-4-3-5-9-15/h3-6,8-10,13,19H,2,7,11-12,14H2,1H3,(H2,24,25,28)/t19-/m1/s1. The van der Waals surface area contributed by atoms with E-state index < -0.39 is 23.5 Å². The molecular weight excluding hydrogens is 400 g/mol. The molecule has 4 rings (SSSR count). The van der Waals surface area contributed by atoms with Crippen molar-refractivity contribution < 1.29 is 28.3 Å². The first kappa shape index (κ1) is 20.7. The third-order valence-electron chi connectivity index (χ3n) is 5.75. The lowest BCUT2D eigenvalue weighted by molar-refractivity contribution is -0.153. The summed E-state index contributed by atoms with van der Waals surface area (Å²) in [4.78, 5) is 38.0. The van der Waals surface area contributed by atoms with Crippen LogP contribution in [0.3, 0.4) is 0 Å². The SMILES string of the molecule is CCOC(=O)C1=C(COC(=O)C2(c3ccccc3)CCC2)NC(=O)N[C@@H]1c1ccco1. The Morgan fingerprint density at radius 2 is 1.90 bits per heavy atom. The number of rotatable bonds is 7. The topological polar surface area (TPSA) is 107 Å². The van der Waals surface area contributed by atoms with Crippen molar-refractivity contribution in [3.8, 4) is 0 Å². The molecule has 1 aliphatic heterocycles. The molecule has 2 amide bonds. The van der Waals surface area contributed by atoms with Crippen molar-refractivity contribution in [3.05, 3.63) is 71.3 Å². The fourth-order valence-corrected chi connectivity index (χ4v) is 4.02. The molecule has 2 heterocycles. The number of carbonyl (C=O) groups is 3. The van der Waals surface area contributed by atoms with Gasteiger partial charge in [-0.15, -0.1) is 0 Å². The Kier molecular flexibility index (Phi) is 5.79. The van der Waals surface area contributed by atoms with Gasteiger partial charge in [-0.1, -0.05) is 36.8 Å². The van der Waals surface area contributed by atoms with E-state index >= 15 is 0 Å². The molecule has 1 aromatic heterocycles. The second-order valence-electron chi connectivity index (χ2n) is 7.54. The predicted octanol–water partition coefficient (Wildman–Crippen LogP) is 3.12. The van der Waals surface area contributed by atoms with Crippen LogP contribution in [0.5, 0.6) is 0 Å². The van der Waals surface area contributed by atoms with E-state index in [4.69, 9.17) is 13.9 Å². The number of esters is 2. The first-order valence-corrected chi connectivity index (χ1v) is 10.3. The van der Waals surface area contributed by atoms with E-state index in [0.717, 1.165) is 12.0 Å². The van der Waals surface area contributed by atoms with Crippen LogP contribution in [-0.4, -0.2) is 31.2 Å². The summed E-state index contributed by atoms with van der Waals surface area (Å²) >= 11 is 0. The third-order valence-corrected chi connectivity index (χ3v) is 5.75. The Morgan fingerprint density at radius 1 is 1.13 bits per heavy atom. The Morgan fingerprint density at radius 3 is 2.52 bits per heavy atom. The Labute approximate surface area is 179 Å². The van der Waals surface area contributed by atoms with Crippen LogP contribution in [0.4, 0.5) is 4.79 Å². The summed E-state index contributed by atoms with van der Waals surface area (Å²) in [5.74, 6) is -0.617. The Balaban J connectivity index is 1.61. The molecule has 31 heavy (non-hydrogen) atoms. The van der Waals surface area contributed by atoms with Crippen molar-refractivity contribution in [2.45, 2.75) is 37.6 Å². The highest BCUT2D eigenvalue weighted by Crippen LogP contribution is 2.44. The maximum atomic E-state index is 13.1. The van der Waals surface area contributed by atoms with Gasteiger partial charge in [0.05, 0.1) is 29.6 Å². The quantitative estimate of drug-likeness (QED) is 0.662. The maximum Gasteiger partial charge on any atom is 0.338 e. The molecular formula is C23H24N2O6. The zero-order chi connectivity index (χ0) is 21.8. The summed E-state index contributed by atoms with van der Waals surface area (Å²) in [6.07, 6.45) is 3.78. The van der Waals surface area contributed by atoms with Crippen LogP contribution in [0, 0.1) is 0 Å². The van der Waals surface area contributed by atoms with Crippen LogP contribution in [-0.2, 0) is 24.5 Å². The smallest absolute Gasteiger partial charge is 0.338 e. The Hall–Kier alpha value is -3.55. The number of carbonyl (C=O) groups excluding carboxylic acids is 3. The molecule has 8 nitrogen and oxygen atoms in total. The summed E-state index contributed by atoms with van der Waals surface area (Å²) in [7, 11) is 0. The molecule has 2 N–H and O–H groups in total. The zero-order valence-electron chi connectivity index (χ0n) is 17.2. The normalized spacial score (nSPS) is 19.6. The van der Waals surface area contributed by atoms with E-state index in [1.165, 1.54) is 6.26 Å². The predicted molar refractivity (Wildman–Crippen MR) is 110 cm³/mol. The Bertz CT molecular complexity index is 992. The molecule has 1 aromatic carbocycles. The van der Waals surface area contributed by atoms with Crippen molar-refractivity contribution in [3.63, 3.8) is 0 Å². The minimum absolute atomic E-state index is 0.145. The molecule has 0 bridgehead atoms. The van der Waals surface area contributed by atoms with Crippen molar-refractivity contribution in [1.82, 2.24) is 10.6 Å². The van der Waals surface area contributed by atoms with Gasteiger partial charge in [0.1, 0.15) is 18.4 Å². The van der Waals surface area contributed by atoms with E-state index in [-0.39, 0.29) is 30.5 Å². The number of nitrogens with one attached hydrogen (secondary N) is 2. The van der Waals surface area contributed by atoms with Gasteiger partial charge in [-0.2, -0.15) is 0 Å². The number of urea groups is 1. The molecule has 162 valence electrons. The van der Waals surface area contributed by atoms with Crippen LogP contribution in [0.15, 0.2) is 64.4 Å². The highest BCUT2D eigenvalue weighted by molar-refractivity contribution is 5.95. The summed E-state index contributed by atoms with van der Waals surface area (Å²) < 4.78 is 16.2. The van der Waals surface area contributed by atoms with Gasteiger partial charge >= 0.3 is 18.0 Å². The number of hydrogen-bond donors (Lipinski definition) is 2. The van der Waals surface area contributed by atoms with E-state index in [0.29, 0.717) is 18.6 Å². The first-order chi connectivity index (χ1) is 15.0. The van der Waals surface area contributed by atoms with Crippen molar-refractivity contribution in [2.75, 3.05) is 13.2 Å². The minimum Gasteiger partial charge on any atom is -0.467 e. The lowest BCUT2D eigenvalue weighted by Crippen LogP contribution is -2.48. The average Bonchev–Trinajstić information content (AvgIpc) is 3.27. The monoisotopic (exact) mass is 424 g/mol. The van der Waals surface area contributed by atoms with Gasteiger partial charge in [0.15, 0.2) is 0 Å². The molecule has 0 saturated heterocycles. The number of hydrogen-bond acceptors (Lipinski definition) is 6. The summed E-state index contributed by atoms with van der Waals surface area (Å²) in [6, 6.07) is 11.5. The fraction of sp³-hybridized carbons (Fsp3) is 0.348. The van der Waals surface area contributed by atoms with E-state index in [2.05, 4.69) is 10.6 Å². The molecule has 1 saturated carbocycles.